The maximum absolute atomic E-state index is 11.3. The summed E-state index contributed by atoms with van der Waals surface area (Å²) in [6.07, 6.45) is 0.398. The van der Waals surface area contributed by atoms with Gasteiger partial charge >= 0.3 is 5.97 Å². The van der Waals surface area contributed by atoms with Crippen molar-refractivity contribution in [3.63, 3.8) is 0 Å². The highest BCUT2D eigenvalue weighted by molar-refractivity contribution is 7.91. The Balaban J connectivity index is 2.67. The predicted molar refractivity (Wildman–Crippen MR) is 54.4 cm³/mol. The van der Waals surface area contributed by atoms with Gasteiger partial charge in [-0.1, -0.05) is 6.92 Å². The lowest BCUT2D eigenvalue weighted by Crippen LogP contribution is -2.26. The van der Waals surface area contributed by atoms with Crippen LogP contribution in [0.5, 0.6) is 0 Å². The molecule has 0 aromatic carbocycles. The largest absolute Gasteiger partial charge is 0.481 e. The van der Waals surface area contributed by atoms with Crippen LogP contribution in [0.3, 0.4) is 0 Å². The molecule has 0 aromatic heterocycles. The maximum Gasteiger partial charge on any atom is 0.312 e. The van der Waals surface area contributed by atoms with Gasteiger partial charge in [0, 0.05) is 12.9 Å². The molecule has 1 rings (SSSR count). The molecule has 6 heteroatoms. The van der Waals surface area contributed by atoms with Crippen molar-refractivity contribution in [1.82, 2.24) is 0 Å². The Morgan fingerprint density at radius 3 is 2.60 bits per heavy atom. The first-order valence-corrected chi connectivity index (χ1v) is 6.63. The van der Waals surface area contributed by atoms with Gasteiger partial charge in [0.25, 0.3) is 0 Å². The minimum Gasteiger partial charge on any atom is -0.481 e. The van der Waals surface area contributed by atoms with E-state index in [0.29, 0.717) is 6.42 Å². The average molecular weight is 236 g/mol. The van der Waals surface area contributed by atoms with E-state index in [0.717, 1.165) is 0 Å². The summed E-state index contributed by atoms with van der Waals surface area (Å²) < 4.78 is 27.5. The Morgan fingerprint density at radius 1 is 1.60 bits per heavy atom. The molecule has 0 aromatic rings. The highest BCUT2D eigenvalue weighted by atomic mass is 32.2. The Kier molecular flexibility index (Phi) is 3.40. The van der Waals surface area contributed by atoms with Crippen molar-refractivity contribution in [2.75, 3.05) is 25.2 Å². The average Bonchev–Trinajstić information content (AvgIpc) is 2.80. The lowest BCUT2D eigenvalue weighted by molar-refractivity contribution is -0.146. The Hall–Kier alpha value is -0.620. The number of hydrogen-bond donors (Lipinski definition) is 1. The SMILES string of the molecule is CCS(=O)(=O)C[C@H]1C[C@@]1(COC)C(=O)O. The molecule has 0 saturated heterocycles. The molecule has 0 bridgehead atoms. The summed E-state index contributed by atoms with van der Waals surface area (Å²) in [5, 5.41) is 9.00. The molecule has 0 unspecified atom stereocenters. The van der Waals surface area contributed by atoms with Crippen LogP contribution in [0, 0.1) is 11.3 Å². The van der Waals surface area contributed by atoms with E-state index >= 15 is 0 Å². The fourth-order valence-electron chi connectivity index (χ4n) is 1.78. The number of carboxylic acid groups (broad SMARTS) is 1. The molecule has 88 valence electrons. The molecule has 0 aliphatic heterocycles. The van der Waals surface area contributed by atoms with Crippen molar-refractivity contribution in [3.8, 4) is 0 Å². The summed E-state index contributed by atoms with van der Waals surface area (Å²) in [6, 6.07) is 0. The van der Waals surface area contributed by atoms with Crippen LogP contribution in [-0.2, 0) is 19.4 Å². The summed E-state index contributed by atoms with van der Waals surface area (Å²) in [6.45, 7) is 1.66. The third-order valence-electron chi connectivity index (χ3n) is 2.95. The second-order valence-electron chi connectivity index (χ2n) is 3.99. The summed E-state index contributed by atoms with van der Waals surface area (Å²) in [5.74, 6) is -1.23. The molecule has 0 spiro atoms. The van der Waals surface area contributed by atoms with Crippen molar-refractivity contribution in [3.05, 3.63) is 0 Å². The highest BCUT2D eigenvalue weighted by Crippen LogP contribution is 2.53. The van der Waals surface area contributed by atoms with Crippen molar-refractivity contribution in [1.29, 1.82) is 0 Å². The van der Waals surface area contributed by atoms with Crippen LogP contribution in [0.2, 0.25) is 0 Å². The standard InChI is InChI=1S/C9H16O5S/c1-3-15(12,13)5-7-4-9(7,6-14-2)8(10)11/h7H,3-6H2,1-2H3,(H,10,11)/t7-,9+/m1/s1. The molecule has 15 heavy (non-hydrogen) atoms. The minimum atomic E-state index is -3.10. The minimum absolute atomic E-state index is 0.0425. The van der Waals surface area contributed by atoms with E-state index in [-0.39, 0.29) is 24.0 Å². The van der Waals surface area contributed by atoms with Gasteiger partial charge in [-0.3, -0.25) is 4.79 Å². The van der Waals surface area contributed by atoms with Crippen molar-refractivity contribution < 1.29 is 23.1 Å². The molecule has 1 fully saturated rings. The third-order valence-corrected chi connectivity index (χ3v) is 4.74. The maximum atomic E-state index is 11.3. The quantitative estimate of drug-likeness (QED) is 0.710. The third kappa shape index (κ3) is 2.49. The van der Waals surface area contributed by atoms with Gasteiger partial charge < -0.3 is 9.84 Å². The van der Waals surface area contributed by atoms with Gasteiger partial charge in [-0.05, 0) is 12.3 Å². The number of carbonyl (C=O) groups is 1. The van der Waals surface area contributed by atoms with Gasteiger partial charge in [0.05, 0.1) is 17.8 Å². The summed E-state index contributed by atoms with van der Waals surface area (Å²) in [4.78, 5) is 11.0. The van der Waals surface area contributed by atoms with Gasteiger partial charge in [-0.25, -0.2) is 8.42 Å². The fourth-order valence-corrected chi connectivity index (χ4v) is 3.07. The number of rotatable bonds is 6. The smallest absolute Gasteiger partial charge is 0.312 e. The zero-order chi connectivity index (χ0) is 11.7. The highest BCUT2D eigenvalue weighted by Gasteiger charge is 2.61. The predicted octanol–water partition coefficient (Wildman–Crippen LogP) is 0.158. The van der Waals surface area contributed by atoms with Crippen molar-refractivity contribution in [2.24, 2.45) is 11.3 Å². The number of aliphatic carboxylic acids is 1. The monoisotopic (exact) mass is 236 g/mol. The van der Waals surface area contributed by atoms with Crippen LogP contribution >= 0.6 is 0 Å². The number of ether oxygens (including phenoxy) is 1. The van der Waals surface area contributed by atoms with E-state index < -0.39 is 21.2 Å². The second kappa shape index (κ2) is 4.09. The Labute approximate surface area is 89.3 Å². The van der Waals surface area contributed by atoms with Crippen LogP contribution < -0.4 is 0 Å². The van der Waals surface area contributed by atoms with Crippen LogP contribution in [0.4, 0.5) is 0 Å². The van der Waals surface area contributed by atoms with Crippen LogP contribution in [0.1, 0.15) is 13.3 Å². The summed E-state index contributed by atoms with van der Waals surface area (Å²) >= 11 is 0. The lowest BCUT2D eigenvalue weighted by Gasteiger charge is -2.10. The molecule has 1 saturated carbocycles. The first kappa shape index (κ1) is 12.4. The number of methoxy groups -OCH3 is 1. The van der Waals surface area contributed by atoms with Crippen LogP contribution in [0.15, 0.2) is 0 Å². The molecule has 0 radical (unpaired) electrons. The second-order valence-corrected chi connectivity index (χ2v) is 6.39. The molecule has 2 atom stereocenters. The molecule has 0 heterocycles. The molecule has 1 aliphatic rings. The van der Waals surface area contributed by atoms with Crippen LogP contribution in [-0.4, -0.2) is 44.7 Å². The fraction of sp³-hybridized carbons (Fsp3) is 0.889. The van der Waals surface area contributed by atoms with Gasteiger partial charge in [0.1, 0.15) is 9.84 Å². The molecule has 0 amide bonds. The van der Waals surface area contributed by atoms with Crippen LogP contribution in [0.25, 0.3) is 0 Å². The summed E-state index contributed by atoms with van der Waals surface area (Å²) in [7, 11) is -1.67. The molecule has 1 N–H and O–H groups in total. The van der Waals surface area contributed by atoms with E-state index in [9.17, 15) is 13.2 Å². The molecule has 5 nitrogen and oxygen atoms in total. The molecular formula is C9H16O5S. The Morgan fingerprint density at radius 2 is 2.20 bits per heavy atom. The lowest BCUT2D eigenvalue weighted by atomic mass is 10.1. The van der Waals surface area contributed by atoms with Crippen molar-refractivity contribution >= 4 is 15.8 Å². The Bertz CT molecular complexity index is 348. The van der Waals surface area contributed by atoms with Gasteiger partial charge in [0.2, 0.25) is 0 Å². The van der Waals surface area contributed by atoms with Gasteiger partial charge in [0.15, 0.2) is 0 Å². The van der Waals surface area contributed by atoms with E-state index in [1.54, 1.807) is 6.92 Å². The van der Waals surface area contributed by atoms with E-state index in [2.05, 4.69) is 0 Å². The first-order valence-electron chi connectivity index (χ1n) is 4.80. The molecular weight excluding hydrogens is 220 g/mol. The number of sulfone groups is 1. The number of hydrogen-bond acceptors (Lipinski definition) is 4. The van der Waals surface area contributed by atoms with E-state index in [1.807, 2.05) is 0 Å². The van der Waals surface area contributed by atoms with Gasteiger partial charge in [-0.2, -0.15) is 0 Å². The summed E-state index contributed by atoms with van der Waals surface area (Å²) in [5.41, 5.74) is -0.961. The normalized spacial score (nSPS) is 30.1. The van der Waals surface area contributed by atoms with Gasteiger partial charge in [-0.15, -0.1) is 0 Å². The molecule has 1 aliphatic carbocycles. The zero-order valence-electron chi connectivity index (χ0n) is 8.89. The zero-order valence-corrected chi connectivity index (χ0v) is 9.71. The van der Waals surface area contributed by atoms with E-state index in [1.165, 1.54) is 7.11 Å². The number of carboxylic acids is 1. The van der Waals surface area contributed by atoms with Crippen molar-refractivity contribution in [2.45, 2.75) is 13.3 Å². The van der Waals surface area contributed by atoms with E-state index in [4.69, 9.17) is 9.84 Å². The topological polar surface area (TPSA) is 80.7 Å². The first-order chi connectivity index (χ1) is 6.88.